The highest BCUT2D eigenvalue weighted by Gasteiger charge is 2.62. The molecule has 1 unspecified atom stereocenters. The molecule has 0 spiro atoms. The van der Waals surface area contributed by atoms with Crippen LogP contribution in [0.5, 0.6) is 0 Å². The van der Waals surface area contributed by atoms with E-state index in [4.69, 9.17) is 16.3 Å². The van der Waals surface area contributed by atoms with Crippen molar-refractivity contribution in [2.24, 2.45) is 0 Å². The number of aromatic nitrogens is 2. The van der Waals surface area contributed by atoms with E-state index in [1.54, 1.807) is 0 Å². The first-order valence-electron chi connectivity index (χ1n) is 5.89. The summed E-state index contributed by atoms with van der Waals surface area (Å²) in [5.41, 5.74) is -2.73. The highest BCUT2D eigenvalue weighted by atomic mass is 35.5. The minimum Gasteiger partial charge on any atom is -0.360 e. The SMILES string of the molecule is COC1(C(F)(F)F)c2cc(Cl)ccc2Nc2ncncc21. The number of rotatable bonds is 1. The third-order valence-electron chi connectivity index (χ3n) is 3.41. The maximum absolute atomic E-state index is 13.8. The quantitative estimate of drug-likeness (QED) is 0.873. The molecule has 1 aromatic carbocycles. The van der Waals surface area contributed by atoms with Gasteiger partial charge in [-0.1, -0.05) is 11.6 Å². The van der Waals surface area contributed by atoms with Gasteiger partial charge in [0, 0.05) is 29.6 Å². The monoisotopic (exact) mass is 315 g/mol. The molecule has 0 aliphatic carbocycles. The van der Waals surface area contributed by atoms with Crippen molar-refractivity contribution in [1.82, 2.24) is 9.97 Å². The molecule has 0 bridgehead atoms. The van der Waals surface area contributed by atoms with Gasteiger partial charge in [-0.25, -0.2) is 9.97 Å². The van der Waals surface area contributed by atoms with Crippen LogP contribution in [0.2, 0.25) is 5.02 Å². The van der Waals surface area contributed by atoms with Crippen LogP contribution in [0.25, 0.3) is 0 Å². The fraction of sp³-hybridized carbons (Fsp3) is 0.231. The lowest BCUT2D eigenvalue weighted by Gasteiger charge is -2.40. The summed E-state index contributed by atoms with van der Waals surface area (Å²) in [7, 11) is 1.00. The molecule has 1 atom stereocenters. The van der Waals surface area contributed by atoms with Gasteiger partial charge in [-0.2, -0.15) is 13.2 Å². The van der Waals surface area contributed by atoms with E-state index < -0.39 is 11.8 Å². The van der Waals surface area contributed by atoms with Crippen molar-refractivity contribution in [1.29, 1.82) is 0 Å². The summed E-state index contributed by atoms with van der Waals surface area (Å²) in [6, 6.07) is 4.19. The maximum atomic E-state index is 13.8. The molecule has 110 valence electrons. The third-order valence-corrected chi connectivity index (χ3v) is 3.65. The van der Waals surface area contributed by atoms with E-state index >= 15 is 0 Å². The number of hydrogen-bond acceptors (Lipinski definition) is 4. The Morgan fingerprint density at radius 3 is 2.71 bits per heavy atom. The predicted octanol–water partition coefficient (Wildman–Crippen LogP) is 3.64. The van der Waals surface area contributed by atoms with Gasteiger partial charge in [0.1, 0.15) is 12.1 Å². The average molecular weight is 316 g/mol. The molecule has 0 fully saturated rings. The van der Waals surface area contributed by atoms with Crippen LogP contribution in [0.1, 0.15) is 11.1 Å². The number of nitrogens with one attached hydrogen (secondary N) is 1. The zero-order chi connectivity index (χ0) is 15.3. The highest BCUT2D eigenvalue weighted by Crippen LogP contribution is 2.54. The lowest BCUT2D eigenvalue weighted by Crippen LogP contribution is -2.47. The van der Waals surface area contributed by atoms with Gasteiger partial charge in [-0.05, 0) is 18.2 Å². The third kappa shape index (κ3) is 1.88. The molecule has 1 aromatic heterocycles. The Morgan fingerprint density at radius 1 is 1.29 bits per heavy atom. The molecular weight excluding hydrogens is 307 g/mol. The first-order chi connectivity index (χ1) is 9.90. The van der Waals surface area contributed by atoms with Crippen molar-refractivity contribution in [2.45, 2.75) is 11.8 Å². The van der Waals surface area contributed by atoms with Crippen LogP contribution < -0.4 is 5.32 Å². The lowest BCUT2D eigenvalue weighted by atomic mass is 9.82. The summed E-state index contributed by atoms with van der Waals surface area (Å²) in [4.78, 5) is 7.55. The Morgan fingerprint density at radius 2 is 2.05 bits per heavy atom. The molecule has 3 rings (SSSR count). The molecule has 2 aromatic rings. The normalized spacial score (nSPS) is 20.4. The number of methoxy groups -OCH3 is 1. The number of fused-ring (bicyclic) bond motifs is 2. The second kappa shape index (κ2) is 4.57. The van der Waals surface area contributed by atoms with Gasteiger partial charge in [-0.15, -0.1) is 0 Å². The Bertz CT molecular complexity index is 707. The molecule has 1 aliphatic heterocycles. The molecule has 4 nitrogen and oxygen atoms in total. The fourth-order valence-corrected chi connectivity index (χ4v) is 2.69. The van der Waals surface area contributed by atoms with Gasteiger partial charge in [0.25, 0.3) is 0 Å². The summed E-state index contributed by atoms with van der Waals surface area (Å²) in [5, 5.41) is 3.02. The van der Waals surface area contributed by atoms with E-state index in [2.05, 4.69) is 15.3 Å². The molecular formula is C13H9ClF3N3O. The number of halogens is 4. The number of hydrogen-bond donors (Lipinski definition) is 1. The highest BCUT2D eigenvalue weighted by molar-refractivity contribution is 6.30. The fourth-order valence-electron chi connectivity index (χ4n) is 2.52. The second-order valence-electron chi connectivity index (χ2n) is 4.48. The zero-order valence-corrected chi connectivity index (χ0v) is 11.5. The molecule has 21 heavy (non-hydrogen) atoms. The first kappa shape index (κ1) is 14.1. The van der Waals surface area contributed by atoms with Crippen molar-refractivity contribution in [3.63, 3.8) is 0 Å². The van der Waals surface area contributed by atoms with E-state index in [1.165, 1.54) is 24.5 Å². The molecule has 0 radical (unpaired) electrons. The minimum absolute atomic E-state index is 0.0546. The summed E-state index contributed by atoms with van der Waals surface area (Å²) in [6.07, 6.45) is -2.44. The van der Waals surface area contributed by atoms with E-state index in [0.29, 0.717) is 0 Å². The van der Waals surface area contributed by atoms with Crippen molar-refractivity contribution >= 4 is 23.1 Å². The summed E-state index contributed by atoms with van der Waals surface area (Å²) >= 11 is 5.86. The van der Waals surface area contributed by atoms with Gasteiger partial charge in [0.15, 0.2) is 0 Å². The molecule has 0 amide bonds. The van der Waals surface area contributed by atoms with Crippen LogP contribution >= 0.6 is 11.6 Å². The molecule has 1 aliphatic rings. The number of nitrogens with zero attached hydrogens (tertiary/aromatic N) is 2. The van der Waals surface area contributed by atoms with Crippen LogP contribution in [-0.4, -0.2) is 23.3 Å². The van der Waals surface area contributed by atoms with E-state index in [-0.39, 0.29) is 27.7 Å². The van der Waals surface area contributed by atoms with Crippen LogP contribution in [0.15, 0.2) is 30.7 Å². The number of ether oxygens (including phenoxy) is 1. The maximum Gasteiger partial charge on any atom is 0.426 e. The standard InChI is InChI=1S/C13H9ClF3N3O/c1-21-12(13(15,16)17)8-4-7(14)2-3-10(8)20-11-9(12)5-18-6-19-11/h2-6H,1H3,(H,18,19,20). The summed E-state index contributed by atoms with van der Waals surface area (Å²) in [5.74, 6) is 0.0546. The summed E-state index contributed by atoms with van der Waals surface area (Å²) < 4.78 is 46.5. The van der Waals surface area contributed by atoms with Gasteiger partial charge in [0.05, 0.1) is 5.56 Å². The first-order valence-corrected chi connectivity index (χ1v) is 6.27. The van der Waals surface area contributed by atoms with Crippen LogP contribution in [-0.2, 0) is 10.3 Å². The van der Waals surface area contributed by atoms with Gasteiger partial charge in [-0.3, -0.25) is 0 Å². The molecule has 2 heterocycles. The van der Waals surface area contributed by atoms with Crippen molar-refractivity contribution in [3.8, 4) is 0 Å². The topological polar surface area (TPSA) is 47.0 Å². The Labute approximate surface area is 122 Å². The lowest BCUT2D eigenvalue weighted by molar-refractivity contribution is -0.258. The van der Waals surface area contributed by atoms with Crippen LogP contribution in [0.3, 0.4) is 0 Å². The smallest absolute Gasteiger partial charge is 0.360 e. The van der Waals surface area contributed by atoms with E-state index in [9.17, 15) is 13.2 Å². The molecule has 1 N–H and O–H groups in total. The van der Waals surface area contributed by atoms with Gasteiger partial charge < -0.3 is 10.1 Å². The molecule has 0 saturated heterocycles. The molecule has 0 saturated carbocycles. The van der Waals surface area contributed by atoms with Gasteiger partial charge >= 0.3 is 6.18 Å². The Balaban J connectivity index is 2.39. The zero-order valence-electron chi connectivity index (χ0n) is 10.7. The summed E-state index contributed by atoms with van der Waals surface area (Å²) in [6.45, 7) is 0. The van der Waals surface area contributed by atoms with E-state index in [1.807, 2.05) is 0 Å². The molecule has 8 heteroatoms. The predicted molar refractivity (Wildman–Crippen MR) is 70.6 cm³/mol. The number of anilines is 2. The number of benzene rings is 1. The van der Waals surface area contributed by atoms with Crippen LogP contribution in [0, 0.1) is 0 Å². The largest absolute Gasteiger partial charge is 0.426 e. The van der Waals surface area contributed by atoms with Crippen molar-refractivity contribution in [2.75, 3.05) is 12.4 Å². The van der Waals surface area contributed by atoms with Crippen LogP contribution in [0.4, 0.5) is 24.7 Å². The second-order valence-corrected chi connectivity index (χ2v) is 4.92. The minimum atomic E-state index is -4.71. The van der Waals surface area contributed by atoms with Crippen molar-refractivity contribution < 1.29 is 17.9 Å². The van der Waals surface area contributed by atoms with E-state index in [0.717, 1.165) is 13.3 Å². The number of alkyl halides is 3. The average Bonchev–Trinajstić information content (AvgIpc) is 2.43. The Kier molecular flexibility index (Phi) is 3.07. The Hall–Kier alpha value is -1.86. The van der Waals surface area contributed by atoms with Gasteiger partial charge in [0.2, 0.25) is 5.60 Å². The van der Waals surface area contributed by atoms with Crippen molar-refractivity contribution in [3.05, 3.63) is 46.9 Å².